The summed E-state index contributed by atoms with van der Waals surface area (Å²) in [5.74, 6) is 1.29. The first-order valence-electron chi connectivity index (χ1n) is 5.76. The molecule has 94 valence electrons. The van der Waals surface area contributed by atoms with Gasteiger partial charge in [0.2, 0.25) is 5.95 Å². The van der Waals surface area contributed by atoms with E-state index in [0.717, 1.165) is 18.7 Å². The summed E-state index contributed by atoms with van der Waals surface area (Å²) >= 11 is 0. The highest BCUT2D eigenvalue weighted by molar-refractivity contribution is 5.41. The average Bonchev–Trinajstić information content (AvgIpc) is 2.40. The Balaban J connectivity index is 2.11. The van der Waals surface area contributed by atoms with Gasteiger partial charge in [-0.1, -0.05) is 0 Å². The van der Waals surface area contributed by atoms with Crippen molar-refractivity contribution < 1.29 is 9.84 Å². The number of rotatable bonds is 4. The van der Waals surface area contributed by atoms with Gasteiger partial charge < -0.3 is 20.5 Å². The number of nitrogens with one attached hydrogen (secondary N) is 2. The summed E-state index contributed by atoms with van der Waals surface area (Å²) in [4.78, 5) is 8.34. The van der Waals surface area contributed by atoms with Gasteiger partial charge in [0.1, 0.15) is 5.82 Å². The van der Waals surface area contributed by atoms with E-state index < -0.39 is 0 Å². The second kappa shape index (κ2) is 5.29. The van der Waals surface area contributed by atoms with Gasteiger partial charge in [0.15, 0.2) is 0 Å². The highest BCUT2D eigenvalue weighted by Crippen LogP contribution is 2.24. The summed E-state index contributed by atoms with van der Waals surface area (Å²) in [6.07, 6.45) is 3.25. The average molecular weight is 238 g/mol. The van der Waals surface area contributed by atoms with Gasteiger partial charge in [0, 0.05) is 26.5 Å². The third-order valence-electron chi connectivity index (χ3n) is 3.02. The first-order valence-corrected chi connectivity index (χ1v) is 5.76. The monoisotopic (exact) mass is 238 g/mol. The maximum Gasteiger partial charge on any atom is 0.224 e. The fraction of sp³-hybridized carbons (Fsp3) is 0.636. The van der Waals surface area contributed by atoms with Crippen LogP contribution in [0.2, 0.25) is 0 Å². The molecule has 1 aliphatic rings. The number of nitrogens with zero attached hydrogens (tertiary/aromatic N) is 2. The predicted molar refractivity (Wildman–Crippen MR) is 65.1 cm³/mol. The topological polar surface area (TPSA) is 79.3 Å². The molecule has 1 aromatic rings. The Hall–Kier alpha value is -1.40. The van der Waals surface area contributed by atoms with Gasteiger partial charge in [-0.15, -0.1) is 0 Å². The highest BCUT2D eigenvalue weighted by Gasteiger charge is 2.32. The zero-order chi connectivity index (χ0) is 12.1. The number of hydrogen-bond acceptors (Lipinski definition) is 6. The van der Waals surface area contributed by atoms with Gasteiger partial charge >= 0.3 is 0 Å². The van der Waals surface area contributed by atoms with Gasteiger partial charge in [-0.05, 0) is 18.9 Å². The zero-order valence-corrected chi connectivity index (χ0v) is 9.94. The lowest BCUT2D eigenvalue weighted by Crippen LogP contribution is -2.47. The second-order valence-electron chi connectivity index (χ2n) is 4.19. The van der Waals surface area contributed by atoms with Gasteiger partial charge in [-0.3, -0.25) is 0 Å². The van der Waals surface area contributed by atoms with Crippen molar-refractivity contribution in [3.05, 3.63) is 12.3 Å². The number of anilines is 2. The van der Waals surface area contributed by atoms with E-state index in [4.69, 9.17) is 4.74 Å². The maximum atomic E-state index is 9.55. The largest absolute Gasteiger partial charge is 0.394 e. The number of aliphatic hydroxyl groups excluding tert-OH is 1. The minimum absolute atomic E-state index is 0.0786. The van der Waals surface area contributed by atoms with Crippen molar-refractivity contribution in [2.24, 2.45) is 0 Å². The Bertz CT molecular complexity index is 366. The lowest BCUT2D eigenvalue weighted by atomic mass is 9.91. The Morgan fingerprint density at radius 2 is 2.24 bits per heavy atom. The lowest BCUT2D eigenvalue weighted by molar-refractivity contribution is 0.0378. The van der Waals surface area contributed by atoms with E-state index in [1.807, 2.05) is 0 Å². The van der Waals surface area contributed by atoms with E-state index in [0.29, 0.717) is 19.2 Å². The van der Waals surface area contributed by atoms with E-state index in [1.54, 1.807) is 19.3 Å². The van der Waals surface area contributed by atoms with Crippen LogP contribution in [0.15, 0.2) is 12.3 Å². The molecule has 1 fully saturated rings. The number of ether oxygens (including phenoxy) is 1. The molecule has 0 bridgehead atoms. The summed E-state index contributed by atoms with van der Waals surface area (Å²) in [7, 11) is 1.77. The fourth-order valence-corrected chi connectivity index (χ4v) is 1.91. The van der Waals surface area contributed by atoms with Crippen LogP contribution in [0, 0.1) is 0 Å². The summed E-state index contributed by atoms with van der Waals surface area (Å²) in [6, 6.07) is 1.80. The summed E-state index contributed by atoms with van der Waals surface area (Å²) in [5, 5.41) is 15.7. The van der Waals surface area contributed by atoms with Crippen LogP contribution in [0.3, 0.4) is 0 Å². The number of aromatic nitrogens is 2. The lowest BCUT2D eigenvalue weighted by Gasteiger charge is -2.36. The van der Waals surface area contributed by atoms with Crippen molar-refractivity contribution in [3.63, 3.8) is 0 Å². The van der Waals surface area contributed by atoms with Crippen LogP contribution in [0.4, 0.5) is 11.8 Å². The molecule has 2 rings (SSSR count). The van der Waals surface area contributed by atoms with E-state index in [2.05, 4.69) is 20.6 Å². The molecule has 2 heterocycles. The van der Waals surface area contributed by atoms with Crippen molar-refractivity contribution in [2.75, 3.05) is 37.5 Å². The molecule has 6 heteroatoms. The third-order valence-corrected chi connectivity index (χ3v) is 3.02. The molecule has 17 heavy (non-hydrogen) atoms. The Morgan fingerprint density at radius 1 is 1.47 bits per heavy atom. The molecular formula is C11H18N4O2. The molecule has 0 unspecified atom stereocenters. The molecule has 0 spiro atoms. The molecule has 0 aromatic carbocycles. The molecule has 1 aromatic heterocycles. The van der Waals surface area contributed by atoms with Crippen molar-refractivity contribution in [2.45, 2.75) is 18.4 Å². The molecule has 3 N–H and O–H groups in total. The smallest absolute Gasteiger partial charge is 0.224 e. The van der Waals surface area contributed by atoms with Gasteiger partial charge in [0.05, 0.1) is 12.1 Å². The van der Waals surface area contributed by atoms with E-state index in [-0.39, 0.29) is 12.1 Å². The van der Waals surface area contributed by atoms with Crippen molar-refractivity contribution in [3.8, 4) is 0 Å². The molecule has 0 amide bonds. The first kappa shape index (κ1) is 12.1. The maximum absolute atomic E-state index is 9.55. The third kappa shape index (κ3) is 2.83. The predicted octanol–water partition coefficient (Wildman–Crippen LogP) is 0.472. The quantitative estimate of drug-likeness (QED) is 0.707. The Kier molecular flexibility index (Phi) is 3.75. The molecule has 1 aliphatic heterocycles. The van der Waals surface area contributed by atoms with Gasteiger partial charge in [-0.25, -0.2) is 4.98 Å². The molecule has 0 saturated carbocycles. The molecule has 6 nitrogen and oxygen atoms in total. The Labute approximate surface area is 100 Å². The molecule has 0 radical (unpaired) electrons. The zero-order valence-electron chi connectivity index (χ0n) is 9.94. The van der Waals surface area contributed by atoms with E-state index >= 15 is 0 Å². The van der Waals surface area contributed by atoms with Crippen LogP contribution in [-0.2, 0) is 4.74 Å². The van der Waals surface area contributed by atoms with Crippen LogP contribution in [0.5, 0.6) is 0 Å². The minimum atomic E-state index is -0.322. The standard InChI is InChI=1S/C11H18N4O2/c1-12-10-13-5-2-9(14-10)15-11(8-16)3-6-17-7-4-11/h2,5,16H,3-4,6-8H2,1H3,(H2,12,13,14,15). The van der Waals surface area contributed by atoms with Crippen LogP contribution >= 0.6 is 0 Å². The van der Waals surface area contributed by atoms with E-state index in [1.165, 1.54) is 0 Å². The van der Waals surface area contributed by atoms with Crippen LogP contribution < -0.4 is 10.6 Å². The van der Waals surface area contributed by atoms with E-state index in [9.17, 15) is 5.11 Å². The molecule has 1 saturated heterocycles. The van der Waals surface area contributed by atoms with Crippen LogP contribution in [0.25, 0.3) is 0 Å². The normalized spacial score (nSPS) is 18.7. The minimum Gasteiger partial charge on any atom is -0.394 e. The van der Waals surface area contributed by atoms with Gasteiger partial charge in [-0.2, -0.15) is 4.98 Å². The van der Waals surface area contributed by atoms with Crippen LogP contribution in [-0.4, -0.2) is 47.5 Å². The van der Waals surface area contributed by atoms with Crippen LogP contribution in [0.1, 0.15) is 12.8 Å². The summed E-state index contributed by atoms with van der Waals surface area (Å²) in [5.41, 5.74) is -0.322. The number of hydrogen-bond donors (Lipinski definition) is 3. The first-order chi connectivity index (χ1) is 8.28. The highest BCUT2D eigenvalue weighted by atomic mass is 16.5. The van der Waals surface area contributed by atoms with Crippen molar-refractivity contribution in [1.29, 1.82) is 0 Å². The number of aliphatic hydroxyl groups is 1. The summed E-state index contributed by atoms with van der Waals surface area (Å²) in [6.45, 7) is 1.41. The van der Waals surface area contributed by atoms with Crippen molar-refractivity contribution >= 4 is 11.8 Å². The fourth-order valence-electron chi connectivity index (χ4n) is 1.91. The molecule has 0 atom stereocenters. The summed E-state index contributed by atoms with van der Waals surface area (Å²) < 4.78 is 5.31. The molecule has 0 aliphatic carbocycles. The SMILES string of the molecule is CNc1nccc(NC2(CO)CCOCC2)n1. The van der Waals surface area contributed by atoms with Crippen molar-refractivity contribution in [1.82, 2.24) is 9.97 Å². The second-order valence-corrected chi connectivity index (χ2v) is 4.19. The molecular weight excluding hydrogens is 220 g/mol. The Morgan fingerprint density at radius 3 is 2.88 bits per heavy atom. The van der Waals surface area contributed by atoms with Gasteiger partial charge in [0.25, 0.3) is 0 Å².